The number of aromatic nitrogens is 3. The molecule has 25 heavy (non-hydrogen) atoms. The number of halogens is 2. The van der Waals surface area contributed by atoms with Gasteiger partial charge in [-0.15, -0.1) is 0 Å². The monoisotopic (exact) mass is 334 g/mol. The highest BCUT2D eigenvalue weighted by Gasteiger charge is 2.18. The molecule has 2 aromatic carbocycles. The van der Waals surface area contributed by atoms with E-state index >= 15 is 0 Å². The van der Waals surface area contributed by atoms with Crippen molar-refractivity contribution in [3.8, 4) is 28.9 Å². The maximum Gasteiger partial charge on any atom is 0.227 e. The molecule has 5 nitrogen and oxygen atoms in total. The molecule has 2 heterocycles. The summed E-state index contributed by atoms with van der Waals surface area (Å²) in [6.45, 7) is 0. The van der Waals surface area contributed by atoms with Crippen LogP contribution in [0.4, 0.5) is 8.78 Å². The zero-order valence-electron chi connectivity index (χ0n) is 12.6. The maximum atomic E-state index is 14.5. The molecule has 0 radical (unpaired) electrons. The summed E-state index contributed by atoms with van der Waals surface area (Å²) in [4.78, 5) is 11.9. The first kappa shape index (κ1) is 14.9. The van der Waals surface area contributed by atoms with Gasteiger partial charge in [-0.1, -0.05) is 12.1 Å². The van der Waals surface area contributed by atoms with E-state index in [1.165, 1.54) is 12.4 Å². The molecule has 0 N–H and O–H groups in total. The second kappa shape index (κ2) is 5.76. The lowest BCUT2D eigenvalue weighted by atomic mass is 10.1. The first-order valence-electron chi connectivity index (χ1n) is 7.23. The number of hydrogen-bond donors (Lipinski definition) is 0. The molecular formula is C18H8F2N4O. The Balaban J connectivity index is 1.81. The van der Waals surface area contributed by atoms with Gasteiger partial charge in [-0.25, -0.2) is 23.7 Å². The van der Waals surface area contributed by atoms with Crippen LogP contribution in [0.3, 0.4) is 0 Å². The fraction of sp³-hybridized carbons (Fsp3) is 0. The van der Waals surface area contributed by atoms with Gasteiger partial charge in [0, 0.05) is 18.0 Å². The summed E-state index contributed by atoms with van der Waals surface area (Å²) in [5, 5.41) is 8.74. The van der Waals surface area contributed by atoms with Crippen LogP contribution in [-0.4, -0.2) is 15.0 Å². The summed E-state index contributed by atoms with van der Waals surface area (Å²) in [5.41, 5.74) is 1.12. The Labute approximate surface area is 140 Å². The van der Waals surface area contributed by atoms with Crippen molar-refractivity contribution in [1.29, 1.82) is 5.26 Å². The van der Waals surface area contributed by atoms with E-state index in [-0.39, 0.29) is 28.4 Å². The summed E-state index contributed by atoms with van der Waals surface area (Å²) in [5.74, 6) is -1.71. The molecule has 0 aliphatic carbocycles. The first-order valence-corrected chi connectivity index (χ1v) is 7.23. The zero-order valence-corrected chi connectivity index (χ0v) is 12.6. The van der Waals surface area contributed by atoms with Gasteiger partial charge in [-0.05, 0) is 24.3 Å². The van der Waals surface area contributed by atoms with E-state index in [4.69, 9.17) is 9.68 Å². The normalized spacial score (nSPS) is 10.8. The van der Waals surface area contributed by atoms with Crippen molar-refractivity contribution in [2.45, 2.75) is 0 Å². The average molecular weight is 334 g/mol. The Hall–Kier alpha value is -3.66. The number of fused-ring (bicyclic) bond motifs is 1. The third-order valence-electron chi connectivity index (χ3n) is 3.59. The van der Waals surface area contributed by atoms with Gasteiger partial charge in [0.15, 0.2) is 11.4 Å². The molecule has 2 aromatic heterocycles. The van der Waals surface area contributed by atoms with Crippen molar-refractivity contribution < 1.29 is 13.2 Å². The van der Waals surface area contributed by atoms with Crippen LogP contribution in [0.25, 0.3) is 33.9 Å². The lowest BCUT2D eigenvalue weighted by molar-refractivity contribution is 0.581. The predicted octanol–water partition coefficient (Wildman–Crippen LogP) is 4.10. The van der Waals surface area contributed by atoms with E-state index in [1.807, 2.05) is 6.07 Å². The molecule has 0 atom stereocenters. The van der Waals surface area contributed by atoms with Gasteiger partial charge >= 0.3 is 0 Å². The summed E-state index contributed by atoms with van der Waals surface area (Å²) in [6, 6.07) is 11.1. The number of nitrogens with zero attached hydrogens (tertiary/aromatic N) is 4. The molecular weight excluding hydrogens is 326 g/mol. The van der Waals surface area contributed by atoms with Crippen LogP contribution in [0, 0.1) is 23.0 Å². The van der Waals surface area contributed by atoms with E-state index in [9.17, 15) is 8.78 Å². The molecule has 4 rings (SSSR count). The minimum absolute atomic E-state index is 0.117. The Kier molecular flexibility index (Phi) is 3.43. The van der Waals surface area contributed by atoms with Gasteiger partial charge in [-0.3, -0.25) is 0 Å². The largest absolute Gasteiger partial charge is 0.436 e. The molecule has 0 spiro atoms. The Bertz CT molecular complexity index is 1070. The quantitative estimate of drug-likeness (QED) is 0.551. The minimum atomic E-state index is -0.845. The van der Waals surface area contributed by atoms with Gasteiger partial charge in [0.05, 0.1) is 11.1 Å². The van der Waals surface area contributed by atoms with Gasteiger partial charge in [-0.2, -0.15) is 5.26 Å². The van der Waals surface area contributed by atoms with Crippen molar-refractivity contribution in [2.24, 2.45) is 0 Å². The molecule has 0 aliphatic heterocycles. The highest BCUT2D eigenvalue weighted by atomic mass is 19.1. The van der Waals surface area contributed by atoms with E-state index in [1.54, 1.807) is 24.3 Å². The highest BCUT2D eigenvalue weighted by Crippen LogP contribution is 2.30. The third-order valence-corrected chi connectivity index (χ3v) is 3.59. The molecule has 0 fully saturated rings. The van der Waals surface area contributed by atoms with E-state index < -0.39 is 11.6 Å². The smallest absolute Gasteiger partial charge is 0.227 e. The van der Waals surface area contributed by atoms with Crippen molar-refractivity contribution in [2.75, 3.05) is 0 Å². The first-order chi connectivity index (χ1) is 12.2. The van der Waals surface area contributed by atoms with E-state index in [0.29, 0.717) is 11.1 Å². The highest BCUT2D eigenvalue weighted by molar-refractivity contribution is 5.76. The summed E-state index contributed by atoms with van der Waals surface area (Å²) >= 11 is 0. The molecule has 7 heteroatoms. The fourth-order valence-corrected chi connectivity index (χ4v) is 2.42. The summed E-state index contributed by atoms with van der Waals surface area (Å²) in [7, 11) is 0. The van der Waals surface area contributed by atoms with Gasteiger partial charge < -0.3 is 4.42 Å². The maximum absolute atomic E-state index is 14.5. The number of oxazole rings is 1. The van der Waals surface area contributed by atoms with Crippen molar-refractivity contribution in [1.82, 2.24) is 15.0 Å². The topological polar surface area (TPSA) is 75.6 Å². The number of rotatable bonds is 2. The number of benzene rings is 2. The molecule has 0 saturated heterocycles. The average Bonchev–Trinajstić information content (AvgIpc) is 3.06. The van der Waals surface area contributed by atoms with Crippen LogP contribution in [-0.2, 0) is 0 Å². The molecule has 0 aliphatic rings. The summed E-state index contributed by atoms with van der Waals surface area (Å²) in [6.07, 6.45) is 2.41. The third kappa shape index (κ3) is 2.60. The number of nitriles is 1. The van der Waals surface area contributed by atoms with Crippen LogP contribution in [0.15, 0.2) is 53.2 Å². The van der Waals surface area contributed by atoms with Crippen LogP contribution >= 0.6 is 0 Å². The van der Waals surface area contributed by atoms with Crippen LogP contribution in [0.2, 0.25) is 0 Å². The van der Waals surface area contributed by atoms with Crippen molar-refractivity contribution in [3.63, 3.8) is 0 Å². The van der Waals surface area contributed by atoms with E-state index in [2.05, 4.69) is 15.0 Å². The summed E-state index contributed by atoms with van der Waals surface area (Å²) < 4.78 is 34.5. The van der Waals surface area contributed by atoms with Gasteiger partial charge in [0.2, 0.25) is 5.89 Å². The van der Waals surface area contributed by atoms with Crippen LogP contribution < -0.4 is 0 Å². The van der Waals surface area contributed by atoms with E-state index in [0.717, 1.165) is 12.1 Å². The van der Waals surface area contributed by atoms with Crippen LogP contribution in [0.1, 0.15) is 5.56 Å². The van der Waals surface area contributed by atoms with Crippen LogP contribution in [0.5, 0.6) is 0 Å². The molecule has 0 amide bonds. The SMILES string of the molecule is N#Cc1cnc(-c2c(F)cc(-c3nc4ccccc4o3)cc2F)nc1. The lowest BCUT2D eigenvalue weighted by Crippen LogP contribution is -1.97. The number of para-hydroxylation sites is 2. The Morgan fingerprint density at radius 1 is 1.00 bits per heavy atom. The standard InChI is InChI=1S/C18H8F2N4O/c19-12-5-11(18-24-14-3-1-2-4-15(14)25-18)6-13(20)16(12)17-22-8-10(7-21)9-23-17/h1-6,8-9H. The Morgan fingerprint density at radius 3 is 2.32 bits per heavy atom. The number of hydrogen-bond acceptors (Lipinski definition) is 5. The van der Waals surface area contributed by atoms with Gasteiger partial charge in [0.25, 0.3) is 0 Å². The molecule has 0 bridgehead atoms. The molecule has 0 saturated carbocycles. The van der Waals surface area contributed by atoms with Crippen molar-refractivity contribution in [3.05, 3.63) is 66.0 Å². The molecule has 120 valence electrons. The second-order valence-corrected chi connectivity index (χ2v) is 5.21. The van der Waals surface area contributed by atoms with Gasteiger partial charge in [0.1, 0.15) is 23.2 Å². The molecule has 0 unspecified atom stereocenters. The zero-order chi connectivity index (χ0) is 17.4. The minimum Gasteiger partial charge on any atom is -0.436 e. The fourth-order valence-electron chi connectivity index (χ4n) is 2.42. The second-order valence-electron chi connectivity index (χ2n) is 5.21. The van der Waals surface area contributed by atoms with Crippen molar-refractivity contribution >= 4 is 11.1 Å². The predicted molar refractivity (Wildman–Crippen MR) is 85.1 cm³/mol. The Morgan fingerprint density at radius 2 is 1.68 bits per heavy atom. The lowest BCUT2D eigenvalue weighted by Gasteiger charge is -2.05. The molecule has 4 aromatic rings.